The molecule has 0 radical (unpaired) electrons. The molecule has 2 heterocycles. The Labute approximate surface area is 158 Å². The van der Waals surface area contributed by atoms with E-state index in [0.29, 0.717) is 6.54 Å². The minimum atomic E-state index is -0.139. The van der Waals surface area contributed by atoms with Gasteiger partial charge < -0.3 is 10.2 Å². The fourth-order valence-electron chi connectivity index (χ4n) is 4.05. The molecule has 1 aliphatic heterocycles. The first-order valence-corrected chi connectivity index (χ1v) is 10.3. The quantitative estimate of drug-likeness (QED) is 0.683. The molecule has 26 heavy (non-hydrogen) atoms. The molecule has 3 atom stereocenters. The molecule has 2 fully saturated rings. The maximum atomic E-state index is 12.4. The lowest BCUT2D eigenvalue weighted by Gasteiger charge is -2.21. The first-order valence-electron chi connectivity index (χ1n) is 9.44. The van der Waals surface area contributed by atoms with Crippen molar-refractivity contribution >= 4 is 29.1 Å². The molecule has 3 amide bonds. The zero-order chi connectivity index (χ0) is 18.7. The number of likely N-dealkylation sites (tertiary alicyclic amines) is 1. The Kier molecular flexibility index (Phi) is 6.09. The van der Waals surface area contributed by atoms with Crippen molar-refractivity contribution in [3.63, 3.8) is 0 Å². The molecule has 0 aromatic carbocycles. The summed E-state index contributed by atoms with van der Waals surface area (Å²) in [6.45, 7) is 0.754. The van der Waals surface area contributed by atoms with Crippen molar-refractivity contribution in [2.24, 2.45) is 11.8 Å². The predicted octanol–water partition coefficient (Wildman–Crippen LogP) is 0.615. The first-order chi connectivity index (χ1) is 12.5. The highest BCUT2D eigenvalue weighted by atomic mass is 32.1. The molecule has 3 rings (SSSR count). The Morgan fingerprint density at radius 1 is 1.27 bits per heavy atom. The zero-order valence-corrected chi connectivity index (χ0v) is 16.3. The van der Waals surface area contributed by atoms with Gasteiger partial charge in [-0.25, -0.2) is 0 Å². The largest absolute Gasteiger partial charge is 0.350 e. The van der Waals surface area contributed by atoms with E-state index in [1.807, 2.05) is 11.4 Å². The average molecular weight is 379 g/mol. The van der Waals surface area contributed by atoms with Gasteiger partial charge in [0.2, 0.25) is 17.7 Å². The van der Waals surface area contributed by atoms with Gasteiger partial charge in [-0.1, -0.05) is 18.9 Å². The summed E-state index contributed by atoms with van der Waals surface area (Å²) in [6, 6.07) is 4.30. The number of nitrogens with zero attached hydrogens (tertiary/aromatic N) is 1. The Morgan fingerprint density at radius 2 is 1.92 bits per heavy atom. The van der Waals surface area contributed by atoms with Crippen molar-refractivity contribution < 1.29 is 19.3 Å². The summed E-state index contributed by atoms with van der Waals surface area (Å²) < 4.78 is 0. The van der Waals surface area contributed by atoms with Gasteiger partial charge in [0.25, 0.3) is 0 Å². The van der Waals surface area contributed by atoms with Crippen LogP contribution in [-0.4, -0.2) is 49.8 Å². The van der Waals surface area contributed by atoms with Crippen molar-refractivity contribution in [3.8, 4) is 0 Å². The van der Waals surface area contributed by atoms with E-state index in [4.69, 9.17) is 0 Å². The molecule has 1 saturated heterocycles. The van der Waals surface area contributed by atoms with Crippen LogP contribution in [0.15, 0.2) is 17.5 Å². The molecule has 7 heteroatoms. The highest BCUT2D eigenvalue weighted by molar-refractivity contribution is 7.10. The van der Waals surface area contributed by atoms with Crippen LogP contribution in [0.3, 0.4) is 0 Å². The number of quaternary nitrogens is 1. The van der Waals surface area contributed by atoms with Gasteiger partial charge in [0.1, 0.15) is 6.04 Å². The highest BCUT2D eigenvalue weighted by Gasteiger charge is 2.47. The molecule has 1 aromatic heterocycles. The van der Waals surface area contributed by atoms with Gasteiger partial charge in [-0.05, 0) is 24.3 Å². The van der Waals surface area contributed by atoms with E-state index in [2.05, 4.69) is 25.5 Å². The number of nitrogens with one attached hydrogen (secondary N) is 2. The number of rotatable bonds is 7. The highest BCUT2D eigenvalue weighted by Crippen LogP contribution is 2.37. The number of amides is 3. The van der Waals surface area contributed by atoms with Gasteiger partial charge in [0, 0.05) is 13.0 Å². The number of likely N-dealkylation sites (N-methyl/N-ethyl adjacent to an activating group) is 1. The van der Waals surface area contributed by atoms with Crippen LogP contribution in [0.4, 0.5) is 0 Å². The van der Waals surface area contributed by atoms with Gasteiger partial charge >= 0.3 is 0 Å². The lowest BCUT2D eigenvalue weighted by atomic mass is 9.81. The molecule has 1 aliphatic carbocycles. The minimum Gasteiger partial charge on any atom is -0.350 e. The van der Waals surface area contributed by atoms with Gasteiger partial charge in [0.05, 0.1) is 37.4 Å². The minimum absolute atomic E-state index is 0.0679. The van der Waals surface area contributed by atoms with Crippen molar-refractivity contribution in [1.29, 1.82) is 0 Å². The zero-order valence-electron chi connectivity index (χ0n) is 15.5. The number of carbonyl (C=O) groups excluding carboxylic acids is 3. The summed E-state index contributed by atoms with van der Waals surface area (Å²) in [5.41, 5.74) is 0. The monoisotopic (exact) mass is 378 g/mol. The number of imide groups is 1. The second-order valence-corrected chi connectivity index (χ2v) is 8.50. The maximum absolute atomic E-state index is 12.4. The molecule has 1 saturated carbocycles. The van der Waals surface area contributed by atoms with E-state index >= 15 is 0 Å². The molecule has 0 spiro atoms. The van der Waals surface area contributed by atoms with Gasteiger partial charge in [0.15, 0.2) is 0 Å². The van der Waals surface area contributed by atoms with Crippen molar-refractivity contribution in [2.45, 2.75) is 38.1 Å². The lowest BCUT2D eigenvalue weighted by Crippen LogP contribution is -3.06. The molecule has 0 unspecified atom stereocenters. The topological polar surface area (TPSA) is 70.9 Å². The van der Waals surface area contributed by atoms with E-state index in [1.54, 1.807) is 11.3 Å². The Balaban J connectivity index is 1.49. The van der Waals surface area contributed by atoms with Crippen molar-refractivity contribution in [1.82, 2.24) is 10.2 Å². The van der Waals surface area contributed by atoms with Crippen LogP contribution in [0.1, 0.15) is 43.0 Å². The first kappa shape index (κ1) is 19.0. The molecular weight excluding hydrogens is 350 g/mol. The third-order valence-corrected chi connectivity index (χ3v) is 6.57. The molecule has 142 valence electrons. The van der Waals surface area contributed by atoms with Crippen LogP contribution in [0.5, 0.6) is 0 Å². The number of hydrogen-bond acceptors (Lipinski definition) is 4. The summed E-state index contributed by atoms with van der Waals surface area (Å²) in [5, 5.41) is 5.01. The molecule has 2 aliphatic rings. The summed E-state index contributed by atoms with van der Waals surface area (Å²) >= 11 is 1.69. The third-order valence-electron chi connectivity index (χ3n) is 5.58. The number of carbonyl (C=O) groups is 3. The predicted molar refractivity (Wildman–Crippen MR) is 99.7 cm³/mol. The second-order valence-electron chi connectivity index (χ2n) is 7.52. The van der Waals surface area contributed by atoms with Crippen LogP contribution < -0.4 is 10.2 Å². The van der Waals surface area contributed by atoms with Crippen LogP contribution in [0.25, 0.3) is 0 Å². The molecule has 6 nitrogen and oxygen atoms in total. The Bertz CT molecular complexity index is 635. The van der Waals surface area contributed by atoms with Crippen molar-refractivity contribution in [2.75, 3.05) is 27.2 Å². The maximum Gasteiger partial charge on any atom is 0.233 e. The fourth-order valence-corrected chi connectivity index (χ4v) is 5.00. The van der Waals surface area contributed by atoms with Crippen LogP contribution in [0.2, 0.25) is 0 Å². The van der Waals surface area contributed by atoms with E-state index in [0.717, 1.165) is 25.7 Å². The van der Waals surface area contributed by atoms with E-state index < -0.39 is 0 Å². The molecular formula is C19H28N3O3S+. The van der Waals surface area contributed by atoms with Gasteiger partial charge in [-0.2, -0.15) is 0 Å². The van der Waals surface area contributed by atoms with Crippen molar-refractivity contribution in [3.05, 3.63) is 22.4 Å². The fraction of sp³-hybridized carbons (Fsp3) is 0.632. The summed E-state index contributed by atoms with van der Waals surface area (Å²) in [6.07, 6.45) is 3.84. The van der Waals surface area contributed by atoms with Gasteiger partial charge in [-0.15, -0.1) is 11.3 Å². The van der Waals surface area contributed by atoms with Crippen LogP contribution in [-0.2, 0) is 14.4 Å². The van der Waals surface area contributed by atoms with E-state index in [1.165, 1.54) is 14.7 Å². The van der Waals surface area contributed by atoms with Gasteiger partial charge in [-0.3, -0.25) is 19.3 Å². The van der Waals surface area contributed by atoms with E-state index in [9.17, 15) is 14.4 Å². The number of fused-ring (bicyclic) bond motifs is 1. The normalized spacial score (nSPS) is 24.0. The molecule has 1 aromatic rings. The standard InChI is InChI=1S/C19H27N3O3S/c1-21(2)15(16-8-5-11-26-16)12-20-17(23)9-10-22-18(24)13-6-3-4-7-14(13)19(22)25/h5,8,11,13-15H,3-4,6-7,9-10,12H2,1-2H3,(H,20,23)/p+1/t13-,14+,15-/m1/s1. The van der Waals surface area contributed by atoms with Crippen LogP contribution in [0, 0.1) is 11.8 Å². The summed E-state index contributed by atoms with van der Waals surface area (Å²) in [4.78, 5) is 41.0. The summed E-state index contributed by atoms with van der Waals surface area (Å²) in [5.74, 6) is -0.522. The SMILES string of the molecule is C[NH+](C)[C@H](CNC(=O)CCN1C(=O)[C@H]2CCCC[C@H]2C1=O)c1cccs1. The lowest BCUT2D eigenvalue weighted by molar-refractivity contribution is -0.890. The smallest absolute Gasteiger partial charge is 0.233 e. The molecule has 2 N–H and O–H groups in total. The molecule has 0 bridgehead atoms. The Hall–Kier alpha value is -1.73. The van der Waals surface area contributed by atoms with Crippen LogP contribution >= 0.6 is 11.3 Å². The van der Waals surface area contributed by atoms with E-state index in [-0.39, 0.29) is 48.6 Å². The number of thiophene rings is 1. The third kappa shape index (κ3) is 3.99. The number of hydrogen-bond donors (Lipinski definition) is 2. The second kappa shape index (κ2) is 8.31. The average Bonchev–Trinajstić information content (AvgIpc) is 3.22. The Morgan fingerprint density at radius 3 is 2.46 bits per heavy atom. The summed E-state index contributed by atoms with van der Waals surface area (Å²) in [7, 11) is 4.14.